The predicted octanol–water partition coefficient (Wildman–Crippen LogP) is 4.69. The molecule has 0 unspecified atom stereocenters. The molecule has 0 amide bonds. The van der Waals surface area contributed by atoms with E-state index in [9.17, 15) is 4.79 Å². The van der Waals surface area contributed by atoms with E-state index in [1.165, 1.54) is 11.3 Å². The molecule has 0 aliphatic carbocycles. The van der Waals surface area contributed by atoms with Crippen LogP contribution < -0.4 is 5.32 Å². The van der Waals surface area contributed by atoms with Crippen LogP contribution in [0.15, 0.2) is 23.6 Å². The van der Waals surface area contributed by atoms with Crippen molar-refractivity contribution >= 4 is 51.3 Å². The average Bonchev–Trinajstić information content (AvgIpc) is 2.89. The van der Waals surface area contributed by atoms with Crippen molar-refractivity contribution in [3.05, 3.63) is 39.3 Å². The summed E-state index contributed by atoms with van der Waals surface area (Å²) in [5.74, 6) is -0.214. The van der Waals surface area contributed by atoms with Crippen molar-refractivity contribution in [1.29, 1.82) is 0 Å². The third-order valence-corrected chi connectivity index (χ3v) is 4.07. The fourth-order valence-electron chi connectivity index (χ4n) is 1.67. The zero-order valence-corrected chi connectivity index (χ0v) is 13.7. The number of anilines is 2. The van der Waals surface area contributed by atoms with E-state index in [1.54, 1.807) is 25.1 Å². The molecule has 1 heterocycles. The minimum absolute atomic E-state index is 0.214. The first-order valence-corrected chi connectivity index (χ1v) is 8.04. The van der Waals surface area contributed by atoms with Gasteiger partial charge in [-0.1, -0.05) is 29.3 Å². The Hall–Kier alpha value is -1.30. The van der Waals surface area contributed by atoms with E-state index in [0.29, 0.717) is 40.3 Å². The van der Waals surface area contributed by atoms with E-state index >= 15 is 0 Å². The van der Waals surface area contributed by atoms with Crippen molar-refractivity contribution in [2.24, 2.45) is 0 Å². The molecular formula is C14H14Cl2N2O2S. The van der Waals surface area contributed by atoms with Crippen molar-refractivity contribution in [3.8, 4) is 0 Å². The third-order valence-electron chi connectivity index (χ3n) is 2.64. The topological polar surface area (TPSA) is 51.2 Å². The van der Waals surface area contributed by atoms with Gasteiger partial charge in [0.15, 0.2) is 5.13 Å². The lowest BCUT2D eigenvalue weighted by Crippen LogP contribution is -2.05. The van der Waals surface area contributed by atoms with Gasteiger partial charge in [0, 0.05) is 11.8 Å². The van der Waals surface area contributed by atoms with Crippen LogP contribution in [-0.4, -0.2) is 17.6 Å². The summed E-state index contributed by atoms with van der Waals surface area (Å²) in [6.45, 7) is 2.18. The number of aryl methyl sites for hydroxylation is 1. The number of rotatable bonds is 6. The molecule has 1 aromatic carbocycles. The second kappa shape index (κ2) is 7.64. The van der Waals surface area contributed by atoms with E-state index in [1.807, 2.05) is 5.38 Å². The molecule has 0 aliphatic heterocycles. The molecule has 0 radical (unpaired) electrons. The van der Waals surface area contributed by atoms with Crippen molar-refractivity contribution < 1.29 is 9.53 Å². The second-order valence-electron chi connectivity index (χ2n) is 4.17. The van der Waals surface area contributed by atoms with Gasteiger partial charge in [0.2, 0.25) is 0 Å². The second-order valence-corrected chi connectivity index (χ2v) is 5.84. The molecule has 0 atom stereocenters. The Balaban J connectivity index is 1.99. The Labute approximate surface area is 137 Å². The van der Waals surface area contributed by atoms with Crippen LogP contribution in [0.25, 0.3) is 0 Å². The Morgan fingerprint density at radius 1 is 1.38 bits per heavy atom. The lowest BCUT2D eigenvalue weighted by molar-refractivity contribution is -0.143. The first kappa shape index (κ1) is 16.1. The summed E-state index contributed by atoms with van der Waals surface area (Å²) in [4.78, 5) is 15.7. The summed E-state index contributed by atoms with van der Waals surface area (Å²) in [6.07, 6.45) is 0.872. The summed E-state index contributed by atoms with van der Waals surface area (Å²) >= 11 is 13.6. The van der Waals surface area contributed by atoms with Gasteiger partial charge < -0.3 is 10.1 Å². The number of nitrogens with zero attached hydrogens (tertiary/aromatic N) is 1. The maximum atomic E-state index is 11.3. The number of nitrogens with one attached hydrogen (secondary N) is 1. The van der Waals surface area contributed by atoms with Crippen molar-refractivity contribution in [2.75, 3.05) is 11.9 Å². The maximum absolute atomic E-state index is 11.3. The van der Waals surface area contributed by atoms with Crippen LogP contribution in [0.4, 0.5) is 10.8 Å². The molecule has 2 aromatic rings. The number of esters is 1. The molecule has 0 fully saturated rings. The Morgan fingerprint density at radius 3 is 2.76 bits per heavy atom. The lowest BCUT2D eigenvalue weighted by Gasteiger charge is -2.06. The summed E-state index contributed by atoms with van der Waals surface area (Å²) < 4.78 is 4.88. The van der Waals surface area contributed by atoms with E-state index < -0.39 is 0 Å². The minimum atomic E-state index is -0.214. The molecule has 4 nitrogen and oxygen atoms in total. The van der Waals surface area contributed by atoms with Crippen LogP contribution in [0.3, 0.4) is 0 Å². The van der Waals surface area contributed by atoms with Gasteiger partial charge in [-0.25, -0.2) is 4.98 Å². The summed E-state index contributed by atoms with van der Waals surface area (Å²) in [6, 6.07) is 5.29. The number of carbonyl (C=O) groups is 1. The van der Waals surface area contributed by atoms with Crippen LogP contribution in [0.1, 0.15) is 19.0 Å². The smallest absolute Gasteiger partial charge is 0.306 e. The van der Waals surface area contributed by atoms with Crippen LogP contribution >= 0.6 is 34.5 Å². The molecule has 0 bridgehead atoms. The first-order chi connectivity index (χ1) is 10.1. The van der Waals surface area contributed by atoms with Crippen LogP contribution in [-0.2, 0) is 16.0 Å². The molecule has 1 N–H and O–H groups in total. The summed E-state index contributed by atoms with van der Waals surface area (Å²) in [7, 11) is 0. The first-order valence-electron chi connectivity index (χ1n) is 6.41. The monoisotopic (exact) mass is 344 g/mol. The number of hydrogen-bond donors (Lipinski definition) is 1. The summed E-state index contributed by atoms with van der Waals surface area (Å²) in [5.41, 5.74) is 1.46. The van der Waals surface area contributed by atoms with E-state index in [0.717, 1.165) is 5.69 Å². The number of para-hydroxylation sites is 1. The maximum Gasteiger partial charge on any atom is 0.306 e. The molecule has 2 rings (SSSR count). The number of aromatic nitrogens is 1. The molecule has 0 saturated heterocycles. The lowest BCUT2D eigenvalue weighted by atomic mass is 10.2. The number of carbonyl (C=O) groups excluding carboxylic acids is 1. The highest BCUT2D eigenvalue weighted by molar-refractivity contribution is 7.13. The number of halogens is 2. The zero-order chi connectivity index (χ0) is 15.2. The predicted molar refractivity (Wildman–Crippen MR) is 86.8 cm³/mol. The van der Waals surface area contributed by atoms with Crippen molar-refractivity contribution in [2.45, 2.75) is 19.8 Å². The molecule has 21 heavy (non-hydrogen) atoms. The molecule has 1 aromatic heterocycles. The number of hydrogen-bond acceptors (Lipinski definition) is 5. The van der Waals surface area contributed by atoms with Gasteiger partial charge in [-0.2, -0.15) is 0 Å². The molecule has 0 spiro atoms. The fourth-order valence-corrected chi connectivity index (χ4v) is 2.91. The number of thiazole rings is 1. The molecular weight excluding hydrogens is 331 g/mol. The largest absolute Gasteiger partial charge is 0.466 e. The fraction of sp³-hybridized carbons (Fsp3) is 0.286. The van der Waals surface area contributed by atoms with Gasteiger partial charge in [-0.15, -0.1) is 11.3 Å². The normalized spacial score (nSPS) is 10.4. The highest BCUT2D eigenvalue weighted by Crippen LogP contribution is 2.33. The Morgan fingerprint density at radius 2 is 2.10 bits per heavy atom. The highest BCUT2D eigenvalue weighted by atomic mass is 35.5. The van der Waals surface area contributed by atoms with Gasteiger partial charge in [0.1, 0.15) is 0 Å². The molecule has 112 valence electrons. The van der Waals surface area contributed by atoms with Crippen LogP contribution in [0, 0.1) is 0 Å². The number of benzene rings is 1. The Bertz CT molecular complexity index is 611. The van der Waals surface area contributed by atoms with Crippen LogP contribution in [0.5, 0.6) is 0 Å². The van der Waals surface area contributed by atoms with Gasteiger partial charge in [0.05, 0.1) is 34.5 Å². The average molecular weight is 345 g/mol. The molecule has 0 saturated carbocycles. The van der Waals surface area contributed by atoms with Gasteiger partial charge in [-0.05, 0) is 19.1 Å². The van der Waals surface area contributed by atoms with E-state index in [2.05, 4.69) is 10.3 Å². The quantitative estimate of drug-likeness (QED) is 0.772. The Kier molecular flexibility index (Phi) is 5.85. The third kappa shape index (κ3) is 4.59. The van der Waals surface area contributed by atoms with E-state index in [4.69, 9.17) is 27.9 Å². The van der Waals surface area contributed by atoms with E-state index in [-0.39, 0.29) is 5.97 Å². The van der Waals surface area contributed by atoms with Crippen LogP contribution in [0.2, 0.25) is 10.0 Å². The summed E-state index contributed by atoms with van der Waals surface area (Å²) in [5, 5.41) is 6.75. The SMILES string of the molecule is CCOC(=O)CCc1csc(Nc2c(Cl)cccc2Cl)n1. The van der Waals surface area contributed by atoms with Gasteiger partial charge >= 0.3 is 5.97 Å². The molecule has 7 heteroatoms. The van der Waals surface area contributed by atoms with Gasteiger partial charge in [-0.3, -0.25) is 4.79 Å². The molecule has 0 aliphatic rings. The van der Waals surface area contributed by atoms with Crippen molar-refractivity contribution in [3.63, 3.8) is 0 Å². The zero-order valence-electron chi connectivity index (χ0n) is 11.4. The minimum Gasteiger partial charge on any atom is -0.466 e. The standard InChI is InChI=1S/C14H14Cl2N2O2S/c1-2-20-12(19)7-6-9-8-21-14(17-9)18-13-10(15)4-3-5-11(13)16/h3-5,8H,2,6-7H2,1H3,(H,17,18). The van der Waals surface area contributed by atoms with Crippen molar-refractivity contribution in [1.82, 2.24) is 4.98 Å². The number of ether oxygens (including phenoxy) is 1. The van der Waals surface area contributed by atoms with Gasteiger partial charge in [0.25, 0.3) is 0 Å². The highest BCUT2D eigenvalue weighted by Gasteiger charge is 2.10.